The van der Waals surface area contributed by atoms with Gasteiger partial charge in [-0.25, -0.2) is 0 Å². The summed E-state index contributed by atoms with van der Waals surface area (Å²) in [7, 11) is 0. The molecule has 0 spiro atoms. The van der Waals surface area contributed by atoms with Crippen LogP contribution in [0, 0.1) is 0 Å². The Hall–Kier alpha value is 1.39. The molecule has 1 unspecified atom stereocenters. The van der Waals surface area contributed by atoms with Gasteiger partial charge in [0, 0.05) is 6.92 Å². The maximum Gasteiger partial charge on any atom is 0.303 e. The summed E-state index contributed by atoms with van der Waals surface area (Å²) in [6.45, 7) is 1.34. The number of hydrogen-bond acceptors (Lipinski definition) is 2. The molecule has 10 heavy (non-hydrogen) atoms. The van der Waals surface area contributed by atoms with Crippen molar-refractivity contribution in [3.63, 3.8) is 0 Å². The Morgan fingerprint density at radius 3 is 2.00 bits per heavy atom. The van der Waals surface area contributed by atoms with Gasteiger partial charge < -0.3 is 4.74 Å². The minimum Gasteiger partial charge on any atom is -0.447 e. The zero-order chi connectivity index (χ0) is 8.36. The van der Waals surface area contributed by atoms with Crippen molar-refractivity contribution < 1.29 is 9.53 Å². The number of halogens is 4. The fraction of sp³-hybridized carbons (Fsp3) is 0.750. The third-order valence-electron chi connectivity index (χ3n) is 0.527. The van der Waals surface area contributed by atoms with Crippen LogP contribution in [-0.4, -0.2) is 13.1 Å². The van der Waals surface area contributed by atoms with Crippen LogP contribution in [0.1, 0.15) is 6.92 Å². The minimum absolute atomic E-state index is 0.343. The molecule has 0 aromatic carbocycles. The third kappa shape index (κ3) is 5.09. The van der Waals surface area contributed by atoms with E-state index in [2.05, 4.69) is 63.7 Å². The summed E-state index contributed by atoms with van der Waals surface area (Å²) < 4.78 is 4.15. The summed E-state index contributed by atoms with van der Waals surface area (Å²) in [5.74, 6) is -0.343. The van der Waals surface area contributed by atoms with Gasteiger partial charge in [-0.05, 0) is 15.9 Å². The Bertz CT molecular complexity index is 130. The lowest BCUT2D eigenvalue weighted by molar-refractivity contribution is -0.141. The Morgan fingerprint density at radius 2 is 1.90 bits per heavy atom. The van der Waals surface area contributed by atoms with E-state index in [1.807, 2.05) is 0 Å². The van der Waals surface area contributed by atoms with E-state index in [0.717, 1.165) is 0 Å². The highest BCUT2D eigenvalue weighted by Crippen LogP contribution is 2.41. The smallest absolute Gasteiger partial charge is 0.303 e. The number of rotatable bonds is 1. The first-order valence-electron chi connectivity index (χ1n) is 2.22. The summed E-state index contributed by atoms with van der Waals surface area (Å²) in [6.07, 6.45) is 0. The summed E-state index contributed by atoms with van der Waals surface area (Å²) in [4.78, 5) is 10.4. The van der Waals surface area contributed by atoms with Gasteiger partial charge in [-0.3, -0.25) is 4.79 Å². The molecule has 0 saturated carbocycles. The maximum absolute atomic E-state index is 10.4. The van der Waals surface area contributed by atoms with Crippen molar-refractivity contribution in [1.82, 2.24) is 0 Å². The van der Waals surface area contributed by atoms with Crippen LogP contribution in [0.2, 0.25) is 0 Å². The summed E-state index contributed by atoms with van der Waals surface area (Å²) >= 11 is 12.7. The van der Waals surface area contributed by atoms with Crippen LogP contribution >= 0.6 is 63.7 Å². The van der Waals surface area contributed by atoms with Gasteiger partial charge in [0.2, 0.25) is 0 Å². The van der Waals surface area contributed by atoms with Crippen LogP contribution in [0.4, 0.5) is 0 Å². The molecule has 0 rings (SSSR count). The quantitative estimate of drug-likeness (QED) is 0.497. The van der Waals surface area contributed by atoms with Crippen LogP contribution in [0.25, 0.3) is 0 Å². The van der Waals surface area contributed by atoms with E-state index in [-0.39, 0.29) is 5.97 Å². The van der Waals surface area contributed by atoms with E-state index in [1.165, 1.54) is 6.92 Å². The molecule has 2 nitrogen and oxygen atoms in total. The Morgan fingerprint density at radius 1 is 1.50 bits per heavy atom. The van der Waals surface area contributed by atoms with Gasteiger partial charge in [-0.2, -0.15) is 0 Å². The monoisotopic (exact) mass is 400 g/mol. The lowest BCUT2D eigenvalue weighted by atomic mass is 10.8. The topological polar surface area (TPSA) is 26.3 Å². The molecule has 0 saturated heterocycles. The first-order valence-corrected chi connectivity index (χ1v) is 5.51. The Kier molecular flexibility index (Phi) is 5.04. The molecule has 0 aliphatic carbocycles. The molecule has 0 N–H and O–H groups in total. The summed E-state index contributed by atoms with van der Waals surface area (Å²) in [5.41, 5.74) is 0. The zero-order valence-corrected chi connectivity index (χ0v) is 11.2. The lowest BCUT2D eigenvalue weighted by Gasteiger charge is -2.18. The highest BCUT2D eigenvalue weighted by molar-refractivity contribution is 9.40. The Balaban J connectivity index is 3.85. The average Bonchev–Trinajstić information content (AvgIpc) is 1.60. The highest BCUT2D eigenvalue weighted by atomic mass is 80.0. The van der Waals surface area contributed by atoms with Crippen LogP contribution in [0.3, 0.4) is 0 Å². The van der Waals surface area contributed by atoms with E-state index in [4.69, 9.17) is 4.74 Å². The van der Waals surface area contributed by atoms with Crippen LogP contribution in [-0.2, 0) is 9.53 Å². The van der Waals surface area contributed by atoms with Crippen molar-refractivity contribution in [3.8, 4) is 0 Å². The summed E-state index contributed by atoms with van der Waals surface area (Å²) in [6, 6.07) is 0. The lowest BCUT2D eigenvalue weighted by Crippen LogP contribution is -2.22. The van der Waals surface area contributed by atoms with E-state index in [9.17, 15) is 4.79 Å². The van der Waals surface area contributed by atoms with Crippen LogP contribution in [0.15, 0.2) is 0 Å². The first-order chi connectivity index (χ1) is 4.34. The molecule has 0 aliphatic heterocycles. The molecular formula is C4H4Br4O2. The second-order valence-corrected chi connectivity index (χ2v) is 9.24. The molecule has 0 amide bonds. The largest absolute Gasteiger partial charge is 0.447 e. The number of hydrogen-bond donors (Lipinski definition) is 0. The molecule has 0 radical (unpaired) electrons. The van der Waals surface area contributed by atoms with Gasteiger partial charge in [0.05, 0.1) is 0 Å². The van der Waals surface area contributed by atoms with Crippen molar-refractivity contribution in [2.75, 3.05) is 0 Å². The van der Waals surface area contributed by atoms with E-state index < -0.39 is 7.16 Å². The number of esters is 1. The van der Waals surface area contributed by atoms with E-state index in [1.54, 1.807) is 0 Å². The van der Waals surface area contributed by atoms with Crippen molar-refractivity contribution in [3.05, 3.63) is 0 Å². The second-order valence-electron chi connectivity index (χ2n) is 1.47. The molecule has 0 aromatic rings. The third-order valence-corrected chi connectivity index (χ3v) is 4.49. The van der Waals surface area contributed by atoms with Crippen molar-refractivity contribution in [1.29, 1.82) is 0 Å². The van der Waals surface area contributed by atoms with Gasteiger partial charge >= 0.3 is 5.97 Å². The molecule has 6 heteroatoms. The van der Waals surface area contributed by atoms with Crippen LogP contribution < -0.4 is 0 Å². The SMILES string of the molecule is CC(=O)OC(Br)C(Br)(Br)Br. The highest BCUT2D eigenvalue weighted by Gasteiger charge is 2.30. The molecule has 1 atom stereocenters. The van der Waals surface area contributed by atoms with Gasteiger partial charge in [-0.15, -0.1) is 0 Å². The molecule has 0 fully saturated rings. The van der Waals surface area contributed by atoms with E-state index >= 15 is 0 Å². The average molecular weight is 404 g/mol. The van der Waals surface area contributed by atoms with Gasteiger partial charge in [0.25, 0.3) is 0 Å². The predicted molar refractivity (Wildman–Crippen MR) is 54.0 cm³/mol. The number of ether oxygens (including phenoxy) is 1. The normalized spacial score (nSPS) is 14.5. The Labute approximate surface area is 92.6 Å². The van der Waals surface area contributed by atoms with Gasteiger partial charge in [-0.1, -0.05) is 47.8 Å². The van der Waals surface area contributed by atoms with Gasteiger partial charge in [0.1, 0.15) is 0 Å². The fourth-order valence-electron chi connectivity index (χ4n) is 0.213. The van der Waals surface area contributed by atoms with Crippen LogP contribution in [0.5, 0.6) is 0 Å². The van der Waals surface area contributed by atoms with Gasteiger partial charge in [0.15, 0.2) is 7.16 Å². The molecule has 0 bridgehead atoms. The van der Waals surface area contributed by atoms with Crippen molar-refractivity contribution in [2.45, 2.75) is 14.1 Å². The molecule has 0 heterocycles. The second kappa shape index (κ2) is 4.42. The number of alkyl halides is 4. The molecule has 60 valence electrons. The van der Waals surface area contributed by atoms with E-state index in [0.29, 0.717) is 0 Å². The fourth-order valence-corrected chi connectivity index (χ4v) is 0.756. The number of carbonyl (C=O) groups excluding carboxylic acids is 1. The predicted octanol–water partition coefficient (Wildman–Crippen LogP) is 3.11. The first kappa shape index (κ1) is 11.4. The maximum atomic E-state index is 10.4. The molecular weight excluding hydrogens is 400 g/mol. The number of carbonyl (C=O) groups is 1. The summed E-state index contributed by atoms with van der Waals surface area (Å²) in [5, 5.41) is -0.447. The van der Waals surface area contributed by atoms with Crippen molar-refractivity contribution in [2.24, 2.45) is 0 Å². The van der Waals surface area contributed by atoms with Crippen molar-refractivity contribution >= 4 is 69.7 Å². The molecule has 0 aliphatic rings. The molecule has 0 aromatic heterocycles. The minimum atomic E-state index is -0.599. The zero-order valence-electron chi connectivity index (χ0n) is 4.91. The standard InChI is InChI=1S/C4H4Br4O2/c1-2(9)10-3(5)4(6,7)8/h3H,1H3.